The largest absolute Gasteiger partial charge is 0.390 e. The molecule has 1 N–H and O–H groups in total. The molecular formula is C13H24F3NO. The van der Waals surface area contributed by atoms with E-state index in [1.165, 1.54) is 0 Å². The van der Waals surface area contributed by atoms with Crippen molar-refractivity contribution in [2.24, 2.45) is 11.3 Å². The minimum atomic E-state index is -4.10. The van der Waals surface area contributed by atoms with Crippen LogP contribution in [0.25, 0.3) is 0 Å². The zero-order valence-corrected chi connectivity index (χ0v) is 11.6. The number of hydrogen-bond donors (Lipinski definition) is 1. The van der Waals surface area contributed by atoms with Gasteiger partial charge in [0, 0.05) is 25.1 Å². The van der Waals surface area contributed by atoms with Crippen LogP contribution in [0.5, 0.6) is 0 Å². The van der Waals surface area contributed by atoms with Gasteiger partial charge >= 0.3 is 6.18 Å². The lowest BCUT2D eigenvalue weighted by Gasteiger charge is -2.32. The van der Waals surface area contributed by atoms with Crippen molar-refractivity contribution >= 4 is 0 Å². The summed E-state index contributed by atoms with van der Waals surface area (Å²) >= 11 is 0. The van der Waals surface area contributed by atoms with E-state index in [0.717, 1.165) is 6.42 Å². The van der Waals surface area contributed by atoms with Crippen LogP contribution in [0.2, 0.25) is 0 Å². The molecule has 108 valence electrons. The quantitative estimate of drug-likeness (QED) is 0.843. The summed E-state index contributed by atoms with van der Waals surface area (Å²) in [6, 6.07) is -0.536. The van der Waals surface area contributed by atoms with Crippen LogP contribution in [0.1, 0.15) is 40.5 Å². The first-order chi connectivity index (χ1) is 8.09. The van der Waals surface area contributed by atoms with Crippen molar-refractivity contribution in [3.8, 4) is 0 Å². The van der Waals surface area contributed by atoms with E-state index < -0.39 is 18.6 Å². The summed E-state index contributed by atoms with van der Waals surface area (Å²) in [6.07, 6.45) is -3.82. The highest BCUT2D eigenvalue weighted by Gasteiger charge is 2.37. The monoisotopic (exact) mass is 267 g/mol. The van der Waals surface area contributed by atoms with E-state index in [2.05, 4.69) is 26.1 Å². The summed E-state index contributed by atoms with van der Waals surface area (Å²) in [5.41, 5.74) is 0.0378. The average molecular weight is 267 g/mol. The van der Waals surface area contributed by atoms with Crippen molar-refractivity contribution in [3.63, 3.8) is 0 Å². The second-order valence-corrected chi connectivity index (χ2v) is 6.33. The standard InChI is InChI=1S/C13H24F3NO/c1-9(7-13(14,15)16)17-8-10-5-6-18-11(10)12(2,3)4/h9-11,17H,5-8H2,1-4H3/t9-,10+,11-/m0/s1. The highest BCUT2D eigenvalue weighted by atomic mass is 19.4. The molecule has 0 amide bonds. The maximum Gasteiger partial charge on any atom is 0.390 e. The number of nitrogens with one attached hydrogen (secondary N) is 1. The SMILES string of the molecule is C[C@@H](CC(F)(F)F)NC[C@H]1CCO[C@@H]1C(C)(C)C. The smallest absolute Gasteiger partial charge is 0.377 e. The van der Waals surface area contributed by atoms with Crippen LogP contribution in [-0.4, -0.2) is 31.5 Å². The Morgan fingerprint density at radius 2 is 1.89 bits per heavy atom. The first-order valence-corrected chi connectivity index (χ1v) is 6.51. The third-order valence-electron chi connectivity index (χ3n) is 3.33. The van der Waals surface area contributed by atoms with E-state index in [9.17, 15) is 13.2 Å². The zero-order chi connectivity index (χ0) is 14.0. The van der Waals surface area contributed by atoms with Crippen molar-refractivity contribution in [1.29, 1.82) is 0 Å². The lowest BCUT2D eigenvalue weighted by atomic mass is 9.81. The minimum Gasteiger partial charge on any atom is -0.377 e. The predicted molar refractivity (Wildman–Crippen MR) is 65.4 cm³/mol. The van der Waals surface area contributed by atoms with E-state index in [1.54, 1.807) is 6.92 Å². The molecule has 1 saturated heterocycles. The van der Waals surface area contributed by atoms with Crippen molar-refractivity contribution in [2.45, 2.75) is 58.9 Å². The van der Waals surface area contributed by atoms with Gasteiger partial charge in [0.2, 0.25) is 0 Å². The Morgan fingerprint density at radius 3 is 2.39 bits per heavy atom. The van der Waals surface area contributed by atoms with Crippen molar-refractivity contribution in [1.82, 2.24) is 5.32 Å². The normalized spacial score (nSPS) is 27.5. The van der Waals surface area contributed by atoms with Gasteiger partial charge in [-0.2, -0.15) is 13.2 Å². The Morgan fingerprint density at radius 1 is 1.28 bits per heavy atom. The molecule has 0 aromatic rings. The fraction of sp³-hybridized carbons (Fsp3) is 1.00. The third-order valence-corrected chi connectivity index (χ3v) is 3.33. The van der Waals surface area contributed by atoms with Crippen LogP contribution in [0.15, 0.2) is 0 Å². The highest BCUT2D eigenvalue weighted by molar-refractivity contribution is 4.87. The molecule has 1 rings (SSSR count). The number of hydrogen-bond acceptors (Lipinski definition) is 2. The molecule has 3 atom stereocenters. The van der Waals surface area contributed by atoms with Crippen LogP contribution < -0.4 is 5.32 Å². The Balaban J connectivity index is 2.39. The molecule has 0 aromatic carbocycles. The van der Waals surface area contributed by atoms with Gasteiger partial charge in [0.05, 0.1) is 12.5 Å². The van der Waals surface area contributed by atoms with Gasteiger partial charge < -0.3 is 10.1 Å². The predicted octanol–water partition coefficient (Wildman–Crippen LogP) is 3.37. The molecule has 0 saturated carbocycles. The summed E-state index contributed by atoms with van der Waals surface area (Å²) in [5.74, 6) is 0.306. The van der Waals surface area contributed by atoms with E-state index >= 15 is 0 Å². The lowest BCUT2D eigenvalue weighted by molar-refractivity contribution is -0.139. The molecule has 5 heteroatoms. The second-order valence-electron chi connectivity index (χ2n) is 6.33. The van der Waals surface area contributed by atoms with E-state index in [4.69, 9.17) is 4.74 Å². The molecule has 0 unspecified atom stereocenters. The Bertz CT molecular complexity index is 260. The Hall–Kier alpha value is -0.290. The van der Waals surface area contributed by atoms with Gasteiger partial charge in [0.25, 0.3) is 0 Å². The molecule has 1 aliphatic heterocycles. The topological polar surface area (TPSA) is 21.3 Å². The molecule has 0 aromatic heterocycles. The van der Waals surface area contributed by atoms with E-state index in [-0.39, 0.29) is 11.5 Å². The highest BCUT2D eigenvalue weighted by Crippen LogP contribution is 2.34. The van der Waals surface area contributed by atoms with Crippen molar-refractivity contribution < 1.29 is 17.9 Å². The lowest BCUT2D eigenvalue weighted by Crippen LogP contribution is -2.40. The Kier molecular flexibility index (Phi) is 5.06. The van der Waals surface area contributed by atoms with Gasteiger partial charge in [-0.05, 0) is 18.8 Å². The maximum absolute atomic E-state index is 12.2. The molecule has 0 radical (unpaired) electrons. The van der Waals surface area contributed by atoms with Gasteiger partial charge in [-0.25, -0.2) is 0 Å². The fourth-order valence-corrected chi connectivity index (χ4v) is 2.57. The number of rotatable bonds is 4. The summed E-state index contributed by atoms with van der Waals surface area (Å²) in [4.78, 5) is 0. The van der Waals surface area contributed by atoms with Gasteiger partial charge in [0.1, 0.15) is 0 Å². The molecule has 1 fully saturated rings. The van der Waals surface area contributed by atoms with Crippen molar-refractivity contribution in [2.75, 3.05) is 13.2 Å². The number of ether oxygens (including phenoxy) is 1. The summed E-state index contributed by atoms with van der Waals surface area (Å²) in [7, 11) is 0. The molecule has 18 heavy (non-hydrogen) atoms. The number of halogens is 3. The third kappa shape index (κ3) is 5.14. The maximum atomic E-state index is 12.2. The summed E-state index contributed by atoms with van der Waals surface area (Å²) in [5, 5.41) is 2.98. The number of alkyl halides is 3. The molecule has 1 heterocycles. The minimum absolute atomic E-state index is 0.0378. The van der Waals surface area contributed by atoms with E-state index in [0.29, 0.717) is 19.1 Å². The van der Waals surface area contributed by atoms with Crippen LogP contribution in [-0.2, 0) is 4.74 Å². The summed E-state index contributed by atoms with van der Waals surface area (Å²) < 4.78 is 42.3. The van der Waals surface area contributed by atoms with Crippen molar-refractivity contribution in [3.05, 3.63) is 0 Å². The molecule has 2 nitrogen and oxygen atoms in total. The van der Waals surface area contributed by atoms with Crippen LogP contribution >= 0.6 is 0 Å². The first-order valence-electron chi connectivity index (χ1n) is 6.51. The molecule has 0 aliphatic carbocycles. The Labute approximate surface area is 107 Å². The van der Waals surface area contributed by atoms with Gasteiger partial charge in [-0.3, -0.25) is 0 Å². The average Bonchev–Trinajstić information content (AvgIpc) is 2.58. The van der Waals surface area contributed by atoms with Crippen LogP contribution in [0.4, 0.5) is 13.2 Å². The molecular weight excluding hydrogens is 243 g/mol. The van der Waals surface area contributed by atoms with Gasteiger partial charge in [-0.1, -0.05) is 20.8 Å². The first kappa shape index (κ1) is 15.8. The molecule has 1 aliphatic rings. The molecule has 0 spiro atoms. The van der Waals surface area contributed by atoms with Crippen LogP contribution in [0, 0.1) is 11.3 Å². The summed E-state index contributed by atoms with van der Waals surface area (Å²) in [6.45, 7) is 9.20. The zero-order valence-electron chi connectivity index (χ0n) is 11.6. The van der Waals surface area contributed by atoms with E-state index in [1.807, 2.05) is 0 Å². The second kappa shape index (κ2) is 5.78. The van der Waals surface area contributed by atoms with Gasteiger partial charge in [-0.15, -0.1) is 0 Å². The fourth-order valence-electron chi connectivity index (χ4n) is 2.57. The van der Waals surface area contributed by atoms with Gasteiger partial charge in [0.15, 0.2) is 0 Å². The molecule has 0 bridgehead atoms. The van der Waals surface area contributed by atoms with Crippen LogP contribution in [0.3, 0.4) is 0 Å².